The van der Waals surface area contributed by atoms with Crippen LogP contribution in [0.5, 0.6) is 0 Å². The third-order valence-corrected chi connectivity index (χ3v) is 3.01. The maximum absolute atomic E-state index is 11.8. The first-order valence-electron chi connectivity index (χ1n) is 7.25. The van der Waals surface area contributed by atoms with Crippen LogP contribution in [0.3, 0.4) is 0 Å². The molecule has 0 spiro atoms. The van der Waals surface area contributed by atoms with Crippen molar-refractivity contribution < 1.29 is 4.79 Å². The lowest BCUT2D eigenvalue weighted by Gasteiger charge is -2.11. The van der Waals surface area contributed by atoms with Gasteiger partial charge in [0.2, 0.25) is 5.91 Å². The summed E-state index contributed by atoms with van der Waals surface area (Å²) in [5, 5.41) is 6.32. The van der Waals surface area contributed by atoms with E-state index in [1.165, 1.54) is 0 Å². The predicted molar refractivity (Wildman–Crippen MR) is 78.9 cm³/mol. The second-order valence-electron chi connectivity index (χ2n) is 5.34. The van der Waals surface area contributed by atoms with Gasteiger partial charge in [0.15, 0.2) is 0 Å². The Morgan fingerprint density at radius 1 is 1.37 bits per heavy atom. The number of hydrogen-bond acceptors (Lipinski definition) is 2. The van der Waals surface area contributed by atoms with Crippen LogP contribution in [-0.4, -0.2) is 23.6 Å². The summed E-state index contributed by atoms with van der Waals surface area (Å²) in [5.74, 6) is 0.717. The first-order chi connectivity index (χ1) is 9.13. The lowest BCUT2D eigenvalue weighted by molar-refractivity contribution is -0.121. The van der Waals surface area contributed by atoms with Gasteiger partial charge in [-0.25, -0.2) is 0 Å². The molecule has 0 aromatic carbocycles. The number of hydrogen-bond donors (Lipinski definition) is 2. The fourth-order valence-electron chi connectivity index (χ4n) is 1.87. The van der Waals surface area contributed by atoms with E-state index in [1.807, 2.05) is 16.8 Å². The first kappa shape index (κ1) is 15.8. The van der Waals surface area contributed by atoms with Crippen molar-refractivity contribution in [2.24, 2.45) is 5.92 Å². The lowest BCUT2D eigenvalue weighted by Crippen LogP contribution is -2.30. The Kier molecular flexibility index (Phi) is 7.26. The van der Waals surface area contributed by atoms with Crippen LogP contribution in [0.4, 0.5) is 0 Å². The van der Waals surface area contributed by atoms with E-state index >= 15 is 0 Å². The van der Waals surface area contributed by atoms with Crippen molar-refractivity contribution in [3.63, 3.8) is 0 Å². The highest BCUT2D eigenvalue weighted by Crippen LogP contribution is 2.02. The van der Waals surface area contributed by atoms with E-state index in [9.17, 15) is 4.79 Å². The molecule has 108 valence electrons. The van der Waals surface area contributed by atoms with Crippen molar-refractivity contribution in [1.29, 1.82) is 0 Å². The fraction of sp³-hybridized carbons (Fsp3) is 0.667. The summed E-state index contributed by atoms with van der Waals surface area (Å²) in [6.07, 6.45) is 4.11. The molecule has 1 aromatic heterocycles. The summed E-state index contributed by atoms with van der Waals surface area (Å²) in [6.45, 7) is 9.47. The van der Waals surface area contributed by atoms with Crippen molar-refractivity contribution >= 4 is 5.91 Å². The van der Waals surface area contributed by atoms with E-state index in [2.05, 4.69) is 37.5 Å². The number of nitrogens with zero attached hydrogens (tertiary/aromatic N) is 1. The van der Waals surface area contributed by atoms with Gasteiger partial charge in [-0.2, -0.15) is 0 Å². The Morgan fingerprint density at radius 2 is 2.16 bits per heavy atom. The number of aromatic nitrogens is 1. The van der Waals surface area contributed by atoms with E-state index in [4.69, 9.17) is 0 Å². The van der Waals surface area contributed by atoms with Crippen molar-refractivity contribution in [3.05, 3.63) is 24.0 Å². The molecule has 19 heavy (non-hydrogen) atoms. The average Bonchev–Trinajstić information content (AvgIpc) is 2.76. The molecule has 0 aliphatic carbocycles. The van der Waals surface area contributed by atoms with Gasteiger partial charge in [0.05, 0.1) is 0 Å². The monoisotopic (exact) mass is 265 g/mol. The number of rotatable bonds is 9. The van der Waals surface area contributed by atoms with Gasteiger partial charge in [0.1, 0.15) is 6.54 Å². The van der Waals surface area contributed by atoms with Crippen LogP contribution >= 0.6 is 0 Å². The molecular weight excluding hydrogens is 238 g/mol. The van der Waals surface area contributed by atoms with Crippen molar-refractivity contribution in [1.82, 2.24) is 15.2 Å². The fourth-order valence-corrected chi connectivity index (χ4v) is 1.87. The molecule has 1 heterocycles. The topological polar surface area (TPSA) is 46.1 Å². The minimum absolute atomic E-state index is 0.0913. The minimum Gasteiger partial charge on any atom is -0.355 e. The predicted octanol–water partition coefficient (Wildman–Crippen LogP) is 2.15. The van der Waals surface area contributed by atoms with Crippen molar-refractivity contribution in [2.75, 3.05) is 13.1 Å². The van der Waals surface area contributed by atoms with Gasteiger partial charge in [-0.1, -0.05) is 20.8 Å². The van der Waals surface area contributed by atoms with Crippen LogP contribution in [0.15, 0.2) is 18.3 Å². The number of nitrogens with one attached hydrogen (secondary N) is 2. The molecule has 0 aliphatic heterocycles. The second kappa shape index (κ2) is 8.75. The Labute approximate surface area is 116 Å². The van der Waals surface area contributed by atoms with Gasteiger partial charge >= 0.3 is 0 Å². The molecule has 4 nitrogen and oxygen atoms in total. The molecule has 1 rings (SSSR count). The van der Waals surface area contributed by atoms with Crippen molar-refractivity contribution in [2.45, 2.75) is 46.7 Å². The maximum Gasteiger partial charge on any atom is 0.239 e. The van der Waals surface area contributed by atoms with Gasteiger partial charge < -0.3 is 15.2 Å². The van der Waals surface area contributed by atoms with Crippen LogP contribution in [0, 0.1) is 5.92 Å². The van der Waals surface area contributed by atoms with Crippen LogP contribution in [0.25, 0.3) is 0 Å². The highest BCUT2D eigenvalue weighted by molar-refractivity contribution is 5.75. The number of amides is 1. The van der Waals surface area contributed by atoms with Gasteiger partial charge in [-0.3, -0.25) is 4.79 Å². The molecule has 0 unspecified atom stereocenters. The summed E-state index contributed by atoms with van der Waals surface area (Å²) in [6, 6.07) is 4.05. The highest BCUT2D eigenvalue weighted by atomic mass is 16.1. The molecular formula is C15H27N3O. The molecule has 1 aromatic rings. The van der Waals surface area contributed by atoms with Gasteiger partial charge in [0, 0.05) is 25.0 Å². The largest absolute Gasteiger partial charge is 0.355 e. The van der Waals surface area contributed by atoms with E-state index in [0.29, 0.717) is 12.5 Å². The van der Waals surface area contributed by atoms with Crippen LogP contribution in [0.1, 0.15) is 39.3 Å². The van der Waals surface area contributed by atoms with Crippen molar-refractivity contribution in [3.8, 4) is 0 Å². The third kappa shape index (κ3) is 6.43. The summed E-state index contributed by atoms with van der Waals surface area (Å²) >= 11 is 0. The SMILES string of the molecule is CCCNCc1cccn1CC(=O)NCCC(C)C. The molecule has 0 saturated heterocycles. The van der Waals surface area contributed by atoms with E-state index < -0.39 is 0 Å². The standard InChI is InChI=1S/C15H27N3O/c1-4-8-16-11-14-6-5-10-18(14)12-15(19)17-9-7-13(2)3/h5-6,10,13,16H,4,7-9,11-12H2,1-3H3,(H,17,19). The lowest BCUT2D eigenvalue weighted by atomic mass is 10.1. The van der Waals surface area contributed by atoms with Gasteiger partial charge in [0.25, 0.3) is 0 Å². The average molecular weight is 265 g/mol. The van der Waals surface area contributed by atoms with E-state index in [-0.39, 0.29) is 5.91 Å². The smallest absolute Gasteiger partial charge is 0.239 e. The molecule has 2 N–H and O–H groups in total. The Balaban J connectivity index is 2.35. The molecule has 0 radical (unpaired) electrons. The summed E-state index contributed by atoms with van der Waals surface area (Å²) < 4.78 is 2.01. The Hall–Kier alpha value is -1.29. The molecule has 0 saturated carbocycles. The zero-order valence-electron chi connectivity index (χ0n) is 12.4. The summed E-state index contributed by atoms with van der Waals surface area (Å²) in [7, 11) is 0. The number of carbonyl (C=O) groups is 1. The zero-order chi connectivity index (χ0) is 14.1. The van der Waals surface area contributed by atoms with Crippen LogP contribution in [0.2, 0.25) is 0 Å². The zero-order valence-corrected chi connectivity index (χ0v) is 12.4. The molecule has 1 amide bonds. The molecule has 0 fully saturated rings. The summed E-state index contributed by atoms with van der Waals surface area (Å²) in [5.41, 5.74) is 1.16. The van der Waals surface area contributed by atoms with Gasteiger partial charge in [-0.15, -0.1) is 0 Å². The molecule has 0 bridgehead atoms. The quantitative estimate of drug-likeness (QED) is 0.672. The van der Waals surface area contributed by atoms with Crippen LogP contribution < -0.4 is 10.6 Å². The second-order valence-corrected chi connectivity index (χ2v) is 5.34. The van der Waals surface area contributed by atoms with E-state index in [1.54, 1.807) is 0 Å². The molecule has 4 heteroatoms. The minimum atomic E-state index is 0.0913. The first-order valence-corrected chi connectivity index (χ1v) is 7.25. The number of carbonyl (C=O) groups excluding carboxylic acids is 1. The van der Waals surface area contributed by atoms with Gasteiger partial charge in [-0.05, 0) is 37.4 Å². The molecule has 0 aliphatic rings. The highest BCUT2D eigenvalue weighted by Gasteiger charge is 2.06. The normalized spacial score (nSPS) is 10.9. The molecule has 0 atom stereocenters. The Bertz CT molecular complexity index is 371. The van der Waals surface area contributed by atoms with E-state index in [0.717, 1.165) is 38.2 Å². The summed E-state index contributed by atoms with van der Waals surface area (Å²) in [4.78, 5) is 11.8. The van der Waals surface area contributed by atoms with Crippen LogP contribution in [-0.2, 0) is 17.9 Å². The Morgan fingerprint density at radius 3 is 2.84 bits per heavy atom. The third-order valence-electron chi connectivity index (χ3n) is 3.01. The maximum atomic E-state index is 11.8.